The van der Waals surface area contributed by atoms with Gasteiger partial charge in [-0.15, -0.1) is 0 Å². The lowest BCUT2D eigenvalue weighted by atomic mass is 10.9. The molecule has 0 aromatic rings. The number of hydrogen-bond donors (Lipinski definition) is 1. The standard InChI is InChI=1S/C2H6FO2P/c1-2-5-6(3)4/h4H,2H2,1H3. The topological polar surface area (TPSA) is 29.5 Å². The summed E-state index contributed by atoms with van der Waals surface area (Å²) < 4.78 is 15.1. The molecule has 1 atom stereocenters. The van der Waals surface area contributed by atoms with Gasteiger partial charge in [0.15, 0.2) is 0 Å². The Labute approximate surface area is 37.0 Å². The average Bonchev–Trinajstić information content (AvgIpc) is 1.35. The monoisotopic (exact) mass is 112 g/mol. The van der Waals surface area contributed by atoms with Gasteiger partial charge in [-0.05, 0) is 6.92 Å². The molecule has 0 saturated heterocycles. The Morgan fingerprint density at radius 2 is 2.50 bits per heavy atom. The van der Waals surface area contributed by atoms with Crippen LogP contribution < -0.4 is 0 Å². The lowest BCUT2D eigenvalue weighted by molar-refractivity contribution is 0.300. The van der Waals surface area contributed by atoms with Crippen LogP contribution in [0.2, 0.25) is 0 Å². The van der Waals surface area contributed by atoms with Gasteiger partial charge in [0, 0.05) is 0 Å². The van der Waals surface area contributed by atoms with Crippen molar-refractivity contribution in [3.05, 3.63) is 0 Å². The molecule has 0 aromatic carbocycles. The minimum Gasteiger partial charge on any atom is -0.325 e. The van der Waals surface area contributed by atoms with Crippen molar-refractivity contribution in [2.45, 2.75) is 6.92 Å². The van der Waals surface area contributed by atoms with Crippen molar-refractivity contribution in [3.63, 3.8) is 0 Å². The molecule has 0 rings (SSSR count). The van der Waals surface area contributed by atoms with Gasteiger partial charge in [0.05, 0.1) is 6.61 Å². The van der Waals surface area contributed by atoms with Crippen LogP contribution in [0.3, 0.4) is 0 Å². The van der Waals surface area contributed by atoms with Crippen LogP contribution in [0.25, 0.3) is 0 Å². The average molecular weight is 112 g/mol. The first-order valence-electron chi connectivity index (χ1n) is 1.55. The molecule has 1 unspecified atom stereocenters. The molecule has 0 aliphatic heterocycles. The molecule has 0 aliphatic rings. The summed E-state index contributed by atoms with van der Waals surface area (Å²) in [4.78, 5) is 7.73. The van der Waals surface area contributed by atoms with Crippen LogP contribution in [0.5, 0.6) is 0 Å². The van der Waals surface area contributed by atoms with E-state index in [4.69, 9.17) is 4.89 Å². The van der Waals surface area contributed by atoms with E-state index in [2.05, 4.69) is 4.52 Å². The van der Waals surface area contributed by atoms with Gasteiger partial charge < -0.3 is 9.42 Å². The van der Waals surface area contributed by atoms with Gasteiger partial charge >= 0.3 is 8.69 Å². The smallest absolute Gasteiger partial charge is 0.325 e. The first-order valence-corrected chi connectivity index (χ1v) is 2.65. The highest BCUT2D eigenvalue weighted by Gasteiger charge is 1.94. The molecule has 0 radical (unpaired) electrons. The quantitative estimate of drug-likeness (QED) is 0.544. The van der Waals surface area contributed by atoms with Crippen molar-refractivity contribution < 1.29 is 13.6 Å². The Hall–Kier alpha value is 0.280. The number of hydrogen-bond acceptors (Lipinski definition) is 2. The third-order valence-corrected chi connectivity index (χ3v) is 0.707. The fourth-order valence-corrected chi connectivity index (χ4v) is 0.320. The molecule has 0 bridgehead atoms. The van der Waals surface area contributed by atoms with E-state index in [-0.39, 0.29) is 6.61 Å². The summed E-state index contributed by atoms with van der Waals surface area (Å²) in [7, 11) is -2.60. The van der Waals surface area contributed by atoms with Gasteiger partial charge in [-0.2, -0.15) is 4.20 Å². The Kier molecular flexibility index (Phi) is 3.63. The highest BCUT2D eigenvalue weighted by molar-refractivity contribution is 7.40. The molecule has 0 aromatic heterocycles. The predicted octanol–water partition coefficient (Wildman–Crippen LogP) is 1.21. The van der Waals surface area contributed by atoms with Crippen molar-refractivity contribution in [3.8, 4) is 0 Å². The van der Waals surface area contributed by atoms with E-state index in [1.54, 1.807) is 6.92 Å². The molecule has 0 saturated carbocycles. The zero-order valence-electron chi connectivity index (χ0n) is 3.39. The molecule has 0 heterocycles. The lowest BCUT2D eigenvalue weighted by Gasteiger charge is -1.92. The normalized spacial score (nSPS) is 14.5. The maximum Gasteiger partial charge on any atom is 0.372 e. The fraction of sp³-hybridized carbons (Fsp3) is 1.00. The highest BCUT2D eigenvalue weighted by Crippen LogP contribution is 2.31. The Bertz CT molecular complexity index is 32.7. The minimum atomic E-state index is -2.60. The van der Waals surface area contributed by atoms with E-state index in [9.17, 15) is 4.20 Å². The molecule has 6 heavy (non-hydrogen) atoms. The second-order valence-corrected chi connectivity index (χ2v) is 1.35. The third-order valence-electron chi connectivity index (χ3n) is 0.236. The molecule has 0 spiro atoms. The van der Waals surface area contributed by atoms with E-state index in [1.165, 1.54) is 0 Å². The van der Waals surface area contributed by atoms with Crippen molar-refractivity contribution >= 4 is 8.69 Å². The van der Waals surface area contributed by atoms with Crippen LogP contribution in [0.4, 0.5) is 4.20 Å². The largest absolute Gasteiger partial charge is 0.372 e. The highest BCUT2D eigenvalue weighted by atomic mass is 31.2. The molecule has 2 nitrogen and oxygen atoms in total. The van der Waals surface area contributed by atoms with Crippen LogP contribution in [-0.4, -0.2) is 11.5 Å². The van der Waals surface area contributed by atoms with Crippen molar-refractivity contribution in [1.29, 1.82) is 0 Å². The zero-order chi connectivity index (χ0) is 4.99. The fourth-order valence-electron chi connectivity index (χ4n) is 0.107. The Balaban J connectivity index is 2.63. The first kappa shape index (κ1) is 6.28. The van der Waals surface area contributed by atoms with Crippen LogP contribution >= 0.6 is 8.69 Å². The molecule has 0 fully saturated rings. The molecule has 38 valence electrons. The zero-order valence-corrected chi connectivity index (χ0v) is 4.28. The molecule has 1 N–H and O–H groups in total. The minimum absolute atomic E-state index is 0.235. The van der Waals surface area contributed by atoms with E-state index < -0.39 is 8.69 Å². The van der Waals surface area contributed by atoms with E-state index in [0.717, 1.165) is 0 Å². The Morgan fingerprint density at radius 1 is 2.00 bits per heavy atom. The van der Waals surface area contributed by atoms with Crippen molar-refractivity contribution in [2.75, 3.05) is 6.61 Å². The summed E-state index contributed by atoms with van der Waals surface area (Å²) in [6, 6.07) is 0. The summed E-state index contributed by atoms with van der Waals surface area (Å²) in [5, 5.41) is 0. The maximum atomic E-state index is 11.1. The van der Waals surface area contributed by atoms with Gasteiger partial charge in [-0.1, -0.05) is 0 Å². The number of rotatable bonds is 2. The molecule has 4 heteroatoms. The van der Waals surface area contributed by atoms with Crippen molar-refractivity contribution in [2.24, 2.45) is 0 Å². The van der Waals surface area contributed by atoms with Gasteiger partial charge in [-0.25, -0.2) is 0 Å². The van der Waals surface area contributed by atoms with E-state index >= 15 is 0 Å². The molecule has 0 amide bonds. The maximum absolute atomic E-state index is 11.1. The van der Waals surface area contributed by atoms with Gasteiger partial charge in [0.1, 0.15) is 0 Å². The van der Waals surface area contributed by atoms with Crippen molar-refractivity contribution in [1.82, 2.24) is 0 Å². The van der Waals surface area contributed by atoms with Gasteiger partial charge in [-0.3, -0.25) is 0 Å². The summed E-state index contributed by atoms with van der Waals surface area (Å²) in [5.74, 6) is 0. The van der Waals surface area contributed by atoms with Crippen LogP contribution in [0.15, 0.2) is 0 Å². The summed E-state index contributed by atoms with van der Waals surface area (Å²) in [6.07, 6.45) is 0. The van der Waals surface area contributed by atoms with Crippen LogP contribution in [0.1, 0.15) is 6.92 Å². The second kappa shape index (κ2) is 3.47. The summed E-state index contributed by atoms with van der Waals surface area (Å²) >= 11 is 0. The van der Waals surface area contributed by atoms with E-state index in [0.29, 0.717) is 0 Å². The van der Waals surface area contributed by atoms with Gasteiger partial charge in [0.25, 0.3) is 0 Å². The third kappa shape index (κ3) is 4.28. The summed E-state index contributed by atoms with van der Waals surface area (Å²) in [5.41, 5.74) is 0. The summed E-state index contributed by atoms with van der Waals surface area (Å²) in [6.45, 7) is 1.85. The van der Waals surface area contributed by atoms with Crippen LogP contribution in [0, 0.1) is 0 Å². The van der Waals surface area contributed by atoms with E-state index in [1.807, 2.05) is 0 Å². The van der Waals surface area contributed by atoms with Gasteiger partial charge in [0.2, 0.25) is 0 Å². The Morgan fingerprint density at radius 3 is 2.50 bits per heavy atom. The SMILES string of the molecule is CCOP(O)F. The molecule has 0 aliphatic carbocycles. The first-order chi connectivity index (χ1) is 2.77. The molecular formula is C2H6FO2P. The lowest BCUT2D eigenvalue weighted by Crippen LogP contribution is -1.74. The predicted molar refractivity (Wildman–Crippen MR) is 21.9 cm³/mol. The second-order valence-electron chi connectivity index (χ2n) is 0.644. The van der Waals surface area contributed by atoms with Crippen LogP contribution in [-0.2, 0) is 4.52 Å². The number of halogens is 1. The molecular weight excluding hydrogens is 106 g/mol.